The van der Waals surface area contributed by atoms with Crippen LogP contribution in [0, 0.1) is 0 Å². The number of nitrogens with zero attached hydrogens (tertiary/aromatic N) is 4. The van der Waals surface area contributed by atoms with E-state index < -0.39 is 0 Å². The highest BCUT2D eigenvalue weighted by Crippen LogP contribution is 2.20. The first-order chi connectivity index (χ1) is 10.6. The molecule has 1 saturated heterocycles. The first kappa shape index (κ1) is 15.2. The van der Waals surface area contributed by atoms with Crippen molar-refractivity contribution in [2.24, 2.45) is 0 Å². The maximum absolute atomic E-state index is 11.3. The number of aromatic nitrogens is 2. The zero-order chi connectivity index (χ0) is 15.5. The van der Waals surface area contributed by atoms with E-state index in [0.717, 1.165) is 36.2 Å². The second-order valence-corrected chi connectivity index (χ2v) is 6.22. The number of rotatable bonds is 3. The average Bonchev–Trinajstić information content (AvgIpc) is 2.96. The van der Waals surface area contributed by atoms with E-state index >= 15 is 0 Å². The number of piperazine rings is 1. The predicted octanol–water partition coefficient (Wildman–Crippen LogP) is 2.16. The van der Waals surface area contributed by atoms with E-state index in [1.54, 1.807) is 6.92 Å². The van der Waals surface area contributed by atoms with E-state index in [-0.39, 0.29) is 5.91 Å². The Balaban J connectivity index is 1.62. The third kappa shape index (κ3) is 3.53. The van der Waals surface area contributed by atoms with Crippen molar-refractivity contribution >= 4 is 21.8 Å². The Morgan fingerprint density at radius 2 is 2.09 bits per heavy atom. The summed E-state index contributed by atoms with van der Waals surface area (Å²) >= 11 is 3.44. The van der Waals surface area contributed by atoms with E-state index in [0.29, 0.717) is 18.3 Å². The standard InChI is InChI=1S/C15H17BrN4O2/c1-11(21)20-7-5-19(6-8-20)10-14-17-15(18-22-14)12-3-2-4-13(16)9-12/h2-4,9H,5-8,10H2,1H3. The molecule has 0 bridgehead atoms. The Labute approximate surface area is 137 Å². The van der Waals surface area contributed by atoms with E-state index in [2.05, 4.69) is 31.0 Å². The third-order valence-corrected chi connectivity index (χ3v) is 4.22. The molecule has 0 saturated carbocycles. The largest absolute Gasteiger partial charge is 0.340 e. The molecular formula is C15H17BrN4O2. The Bertz CT molecular complexity index is 665. The fourth-order valence-electron chi connectivity index (χ4n) is 2.48. The molecule has 0 unspecified atom stereocenters. The summed E-state index contributed by atoms with van der Waals surface area (Å²) in [7, 11) is 0. The summed E-state index contributed by atoms with van der Waals surface area (Å²) in [5.74, 6) is 1.33. The molecule has 7 heteroatoms. The van der Waals surface area contributed by atoms with Crippen molar-refractivity contribution in [3.63, 3.8) is 0 Å². The minimum atomic E-state index is 0.134. The summed E-state index contributed by atoms with van der Waals surface area (Å²) in [5.41, 5.74) is 0.922. The molecule has 1 aliphatic rings. The Morgan fingerprint density at radius 3 is 2.77 bits per heavy atom. The molecule has 22 heavy (non-hydrogen) atoms. The zero-order valence-corrected chi connectivity index (χ0v) is 13.9. The number of carbonyl (C=O) groups excluding carboxylic acids is 1. The van der Waals surface area contributed by atoms with Crippen LogP contribution >= 0.6 is 15.9 Å². The minimum Gasteiger partial charge on any atom is -0.340 e. The lowest BCUT2D eigenvalue weighted by Gasteiger charge is -2.33. The number of amides is 1. The molecule has 0 radical (unpaired) electrons. The number of halogens is 1. The van der Waals surface area contributed by atoms with Gasteiger partial charge in [-0.2, -0.15) is 4.98 Å². The van der Waals surface area contributed by atoms with E-state index in [1.807, 2.05) is 29.2 Å². The van der Waals surface area contributed by atoms with Crippen LogP contribution in [0.5, 0.6) is 0 Å². The SMILES string of the molecule is CC(=O)N1CCN(Cc2nc(-c3cccc(Br)c3)no2)CC1. The molecule has 3 rings (SSSR count). The van der Waals surface area contributed by atoms with Crippen LogP contribution in [-0.4, -0.2) is 52.0 Å². The molecule has 1 aromatic carbocycles. The van der Waals surface area contributed by atoms with Crippen molar-refractivity contribution in [1.29, 1.82) is 0 Å². The van der Waals surface area contributed by atoms with Gasteiger partial charge >= 0.3 is 0 Å². The third-order valence-electron chi connectivity index (χ3n) is 3.73. The quantitative estimate of drug-likeness (QED) is 0.834. The molecule has 0 N–H and O–H groups in total. The second kappa shape index (κ2) is 6.58. The lowest BCUT2D eigenvalue weighted by molar-refractivity contribution is -0.130. The van der Waals surface area contributed by atoms with Crippen LogP contribution in [0.2, 0.25) is 0 Å². The number of hydrogen-bond donors (Lipinski definition) is 0. The van der Waals surface area contributed by atoms with Crippen molar-refractivity contribution in [2.75, 3.05) is 26.2 Å². The monoisotopic (exact) mass is 364 g/mol. The van der Waals surface area contributed by atoms with Crippen LogP contribution < -0.4 is 0 Å². The highest BCUT2D eigenvalue weighted by atomic mass is 79.9. The number of carbonyl (C=O) groups is 1. The fourth-order valence-corrected chi connectivity index (χ4v) is 2.88. The molecule has 1 fully saturated rings. The van der Waals surface area contributed by atoms with Gasteiger partial charge in [-0.15, -0.1) is 0 Å². The summed E-state index contributed by atoms with van der Waals surface area (Å²) in [6, 6.07) is 7.81. The molecule has 6 nitrogen and oxygen atoms in total. The molecule has 0 spiro atoms. The van der Waals surface area contributed by atoms with Gasteiger partial charge in [0.05, 0.1) is 6.54 Å². The van der Waals surface area contributed by atoms with Crippen molar-refractivity contribution < 1.29 is 9.32 Å². The molecule has 1 aliphatic heterocycles. The first-order valence-electron chi connectivity index (χ1n) is 7.18. The number of hydrogen-bond acceptors (Lipinski definition) is 5. The minimum absolute atomic E-state index is 0.134. The van der Waals surface area contributed by atoms with Crippen LogP contribution in [0.1, 0.15) is 12.8 Å². The fraction of sp³-hybridized carbons (Fsp3) is 0.400. The van der Waals surface area contributed by atoms with Gasteiger partial charge in [-0.1, -0.05) is 33.2 Å². The summed E-state index contributed by atoms with van der Waals surface area (Å²) in [6.07, 6.45) is 0. The smallest absolute Gasteiger partial charge is 0.241 e. The highest BCUT2D eigenvalue weighted by Gasteiger charge is 2.20. The summed E-state index contributed by atoms with van der Waals surface area (Å²) in [6.45, 7) is 5.39. The van der Waals surface area contributed by atoms with E-state index in [4.69, 9.17) is 4.52 Å². The van der Waals surface area contributed by atoms with Crippen molar-refractivity contribution in [1.82, 2.24) is 19.9 Å². The molecule has 0 aliphatic carbocycles. The van der Waals surface area contributed by atoms with E-state index in [1.165, 1.54) is 0 Å². The Hall–Kier alpha value is -1.73. The van der Waals surface area contributed by atoms with Gasteiger partial charge in [0.1, 0.15) is 0 Å². The van der Waals surface area contributed by atoms with Crippen LogP contribution in [0.3, 0.4) is 0 Å². The predicted molar refractivity (Wildman–Crippen MR) is 85.0 cm³/mol. The normalized spacial score (nSPS) is 16.0. The molecule has 1 aromatic heterocycles. The van der Waals surface area contributed by atoms with E-state index in [9.17, 15) is 4.79 Å². The lowest BCUT2D eigenvalue weighted by atomic mass is 10.2. The van der Waals surface area contributed by atoms with Gasteiger partial charge in [-0.25, -0.2) is 0 Å². The van der Waals surface area contributed by atoms with Crippen LogP contribution in [-0.2, 0) is 11.3 Å². The number of benzene rings is 1. The van der Waals surface area contributed by atoms with Gasteiger partial charge in [0.15, 0.2) is 0 Å². The zero-order valence-electron chi connectivity index (χ0n) is 12.3. The maximum atomic E-state index is 11.3. The average molecular weight is 365 g/mol. The van der Waals surface area contributed by atoms with Gasteiger partial charge in [0.2, 0.25) is 17.6 Å². The lowest BCUT2D eigenvalue weighted by Crippen LogP contribution is -2.47. The molecule has 116 valence electrons. The van der Waals surface area contributed by atoms with Gasteiger partial charge in [-0.05, 0) is 12.1 Å². The summed E-state index contributed by atoms with van der Waals surface area (Å²) < 4.78 is 6.32. The van der Waals surface area contributed by atoms with Crippen molar-refractivity contribution in [3.8, 4) is 11.4 Å². The van der Waals surface area contributed by atoms with Crippen LogP contribution in [0.4, 0.5) is 0 Å². The second-order valence-electron chi connectivity index (χ2n) is 5.30. The molecule has 0 atom stereocenters. The maximum Gasteiger partial charge on any atom is 0.241 e. The van der Waals surface area contributed by atoms with Gasteiger partial charge < -0.3 is 9.42 Å². The summed E-state index contributed by atoms with van der Waals surface area (Å²) in [5, 5.41) is 4.04. The van der Waals surface area contributed by atoms with Crippen LogP contribution in [0.25, 0.3) is 11.4 Å². The van der Waals surface area contributed by atoms with Crippen LogP contribution in [0.15, 0.2) is 33.3 Å². The molecule has 2 heterocycles. The summed E-state index contributed by atoms with van der Waals surface area (Å²) in [4.78, 5) is 19.8. The molecule has 2 aromatic rings. The molecular weight excluding hydrogens is 348 g/mol. The van der Waals surface area contributed by atoms with Crippen molar-refractivity contribution in [2.45, 2.75) is 13.5 Å². The Morgan fingerprint density at radius 1 is 1.32 bits per heavy atom. The van der Waals surface area contributed by atoms with Crippen molar-refractivity contribution in [3.05, 3.63) is 34.6 Å². The van der Waals surface area contributed by atoms with Gasteiger partial charge in [0, 0.05) is 43.1 Å². The Kier molecular flexibility index (Phi) is 4.54. The first-order valence-corrected chi connectivity index (χ1v) is 7.97. The topological polar surface area (TPSA) is 62.5 Å². The van der Waals surface area contributed by atoms with Gasteiger partial charge in [0.25, 0.3) is 0 Å². The van der Waals surface area contributed by atoms with Gasteiger partial charge in [-0.3, -0.25) is 9.69 Å². The molecule has 1 amide bonds. The highest BCUT2D eigenvalue weighted by molar-refractivity contribution is 9.10.